The molecule has 0 aliphatic heterocycles. The lowest BCUT2D eigenvalue weighted by Gasteiger charge is -2.00. The highest BCUT2D eigenvalue weighted by Crippen LogP contribution is 2.45. The van der Waals surface area contributed by atoms with Gasteiger partial charge in [-0.25, -0.2) is 0 Å². The minimum absolute atomic E-state index is 0.0381. The second-order valence-electron chi connectivity index (χ2n) is 3.33. The van der Waals surface area contributed by atoms with Gasteiger partial charge in [0, 0.05) is 6.54 Å². The molecule has 0 saturated heterocycles. The van der Waals surface area contributed by atoms with Crippen molar-refractivity contribution >= 4 is 11.8 Å². The second-order valence-corrected chi connectivity index (χ2v) is 3.33. The summed E-state index contributed by atoms with van der Waals surface area (Å²) in [6, 6.07) is 0. The largest absolute Gasteiger partial charge is 0.395 e. The van der Waals surface area contributed by atoms with Gasteiger partial charge in [-0.1, -0.05) is 6.92 Å². The molecule has 13 heavy (non-hydrogen) atoms. The van der Waals surface area contributed by atoms with Crippen LogP contribution in [0.5, 0.6) is 0 Å². The lowest BCUT2D eigenvalue weighted by Crippen LogP contribution is -2.29. The molecule has 0 bridgehead atoms. The molecule has 0 radical (unpaired) electrons. The summed E-state index contributed by atoms with van der Waals surface area (Å²) in [5.41, 5.74) is 5.08. The average molecular weight is 186 g/mol. The Morgan fingerprint density at radius 1 is 1.46 bits per heavy atom. The van der Waals surface area contributed by atoms with Crippen molar-refractivity contribution in [2.75, 3.05) is 13.2 Å². The van der Waals surface area contributed by atoms with E-state index >= 15 is 0 Å². The Kier molecular flexibility index (Phi) is 2.87. The van der Waals surface area contributed by atoms with E-state index in [0.29, 0.717) is 0 Å². The topological polar surface area (TPSA) is 92.4 Å². The van der Waals surface area contributed by atoms with Crippen LogP contribution in [0.15, 0.2) is 0 Å². The van der Waals surface area contributed by atoms with Crippen LogP contribution in [0.25, 0.3) is 0 Å². The summed E-state index contributed by atoms with van der Waals surface area (Å²) in [5, 5.41) is 11.0. The summed E-state index contributed by atoms with van der Waals surface area (Å²) in [4.78, 5) is 22.0. The molecule has 1 aliphatic carbocycles. The van der Waals surface area contributed by atoms with Crippen molar-refractivity contribution in [3.8, 4) is 0 Å². The predicted molar refractivity (Wildman–Crippen MR) is 45.4 cm³/mol. The third-order valence-corrected chi connectivity index (χ3v) is 2.42. The Morgan fingerprint density at radius 2 is 2.08 bits per heavy atom. The van der Waals surface area contributed by atoms with Crippen molar-refractivity contribution in [2.45, 2.75) is 6.92 Å². The summed E-state index contributed by atoms with van der Waals surface area (Å²) in [5.74, 6) is -1.18. The summed E-state index contributed by atoms with van der Waals surface area (Å²) in [6.07, 6.45) is 0. The van der Waals surface area contributed by atoms with Crippen LogP contribution in [-0.2, 0) is 9.59 Å². The fourth-order valence-corrected chi connectivity index (χ4v) is 1.60. The molecule has 5 heteroatoms. The zero-order valence-corrected chi connectivity index (χ0v) is 7.49. The van der Waals surface area contributed by atoms with Crippen LogP contribution < -0.4 is 11.1 Å². The third-order valence-electron chi connectivity index (χ3n) is 2.42. The quantitative estimate of drug-likeness (QED) is 0.497. The molecule has 2 amide bonds. The number of amides is 2. The van der Waals surface area contributed by atoms with E-state index in [1.54, 1.807) is 0 Å². The summed E-state index contributed by atoms with van der Waals surface area (Å²) in [7, 11) is 0. The molecule has 1 saturated carbocycles. The van der Waals surface area contributed by atoms with E-state index < -0.39 is 5.91 Å². The average Bonchev–Trinajstić information content (AvgIpc) is 2.73. The Hall–Kier alpha value is -1.10. The van der Waals surface area contributed by atoms with Crippen molar-refractivity contribution in [2.24, 2.45) is 23.5 Å². The molecule has 5 nitrogen and oxygen atoms in total. The second kappa shape index (κ2) is 3.74. The van der Waals surface area contributed by atoms with Crippen LogP contribution in [0.3, 0.4) is 0 Å². The smallest absolute Gasteiger partial charge is 0.224 e. The highest BCUT2D eigenvalue weighted by Gasteiger charge is 2.54. The maximum atomic E-state index is 11.3. The van der Waals surface area contributed by atoms with Gasteiger partial charge in [0.25, 0.3) is 0 Å². The Morgan fingerprint density at radius 3 is 2.46 bits per heavy atom. The first-order valence-corrected chi connectivity index (χ1v) is 4.27. The van der Waals surface area contributed by atoms with E-state index in [-0.39, 0.29) is 36.8 Å². The van der Waals surface area contributed by atoms with Gasteiger partial charge in [-0.15, -0.1) is 0 Å². The molecule has 1 rings (SSSR count). The molecule has 3 unspecified atom stereocenters. The van der Waals surface area contributed by atoms with Crippen molar-refractivity contribution in [1.82, 2.24) is 5.32 Å². The van der Waals surface area contributed by atoms with Crippen LogP contribution in [-0.4, -0.2) is 30.1 Å². The third kappa shape index (κ3) is 1.98. The van der Waals surface area contributed by atoms with E-state index in [4.69, 9.17) is 10.8 Å². The first-order chi connectivity index (χ1) is 6.09. The number of nitrogens with two attached hydrogens (primary N) is 1. The molecule has 4 N–H and O–H groups in total. The van der Waals surface area contributed by atoms with Crippen molar-refractivity contribution in [1.29, 1.82) is 0 Å². The van der Waals surface area contributed by atoms with Gasteiger partial charge in [-0.2, -0.15) is 0 Å². The minimum atomic E-state index is -0.420. The van der Waals surface area contributed by atoms with E-state index in [0.717, 1.165) is 0 Å². The molecular weight excluding hydrogens is 172 g/mol. The number of rotatable bonds is 4. The summed E-state index contributed by atoms with van der Waals surface area (Å²) in [6.45, 7) is 1.96. The maximum absolute atomic E-state index is 11.3. The Bertz CT molecular complexity index is 229. The minimum Gasteiger partial charge on any atom is -0.395 e. The van der Waals surface area contributed by atoms with E-state index in [1.807, 2.05) is 6.92 Å². The van der Waals surface area contributed by atoms with Gasteiger partial charge in [-0.05, 0) is 5.92 Å². The molecule has 0 aromatic heterocycles. The van der Waals surface area contributed by atoms with Crippen LogP contribution in [0, 0.1) is 17.8 Å². The van der Waals surface area contributed by atoms with Gasteiger partial charge in [0.1, 0.15) is 0 Å². The molecule has 0 spiro atoms. The lowest BCUT2D eigenvalue weighted by atomic mass is 10.3. The van der Waals surface area contributed by atoms with Crippen LogP contribution in [0.4, 0.5) is 0 Å². The van der Waals surface area contributed by atoms with Crippen molar-refractivity contribution in [3.63, 3.8) is 0 Å². The number of nitrogens with one attached hydrogen (secondary N) is 1. The predicted octanol–water partition coefficient (Wildman–Crippen LogP) is -1.54. The molecule has 0 aromatic rings. The first kappa shape index (κ1) is 9.98. The summed E-state index contributed by atoms with van der Waals surface area (Å²) >= 11 is 0. The van der Waals surface area contributed by atoms with Crippen LogP contribution >= 0.6 is 0 Å². The van der Waals surface area contributed by atoms with E-state index in [9.17, 15) is 9.59 Å². The number of aliphatic hydroxyl groups is 1. The molecule has 3 atom stereocenters. The number of aliphatic hydroxyl groups excluding tert-OH is 1. The molecule has 0 aromatic carbocycles. The highest BCUT2D eigenvalue weighted by molar-refractivity contribution is 5.92. The lowest BCUT2D eigenvalue weighted by molar-refractivity contribution is -0.126. The number of carbonyl (C=O) groups is 2. The highest BCUT2D eigenvalue weighted by atomic mass is 16.3. The number of carbonyl (C=O) groups excluding carboxylic acids is 2. The first-order valence-electron chi connectivity index (χ1n) is 4.27. The zero-order chi connectivity index (χ0) is 10.0. The Labute approximate surface area is 76.3 Å². The van der Waals surface area contributed by atoms with E-state index in [1.165, 1.54) is 0 Å². The van der Waals surface area contributed by atoms with Crippen LogP contribution in [0.2, 0.25) is 0 Å². The molecular formula is C8H14N2O3. The molecule has 74 valence electrons. The van der Waals surface area contributed by atoms with Gasteiger partial charge >= 0.3 is 0 Å². The molecule has 1 aliphatic rings. The van der Waals surface area contributed by atoms with Gasteiger partial charge < -0.3 is 16.2 Å². The number of primary amides is 1. The number of hydrogen-bond donors (Lipinski definition) is 3. The molecule has 1 fully saturated rings. The van der Waals surface area contributed by atoms with Crippen molar-refractivity contribution in [3.05, 3.63) is 0 Å². The maximum Gasteiger partial charge on any atom is 0.224 e. The SMILES string of the molecule is CC1C(C(N)=O)C1C(=O)NCCO. The fraction of sp³-hybridized carbons (Fsp3) is 0.750. The zero-order valence-electron chi connectivity index (χ0n) is 7.49. The fourth-order valence-electron chi connectivity index (χ4n) is 1.60. The van der Waals surface area contributed by atoms with Crippen molar-refractivity contribution < 1.29 is 14.7 Å². The van der Waals surface area contributed by atoms with Gasteiger partial charge in [-0.3, -0.25) is 9.59 Å². The van der Waals surface area contributed by atoms with Gasteiger partial charge in [0.05, 0.1) is 18.4 Å². The number of hydrogen-bond acceptors (Lipinski definition) is 3. The summed E-state index contributed by atoms with van der Waals surface area (Å²) < 4.78 is 0. The Balaban J connectivity index is 2.38. The standard InChI is InChI=1S/C8H14N2O3/c1-4-5(7(9)12)6(4)8(13)10-2-3-11/h4-6,11H,2-3H2,1H3,(H2,9,12)(H,10,13). The van der Waals surface area contributed by atoms with E-state index in [2.05, 4.69) is 5.32 Å². The van der Waals surface area contributed by atoms with Gasteiger partial charge in [0.2, 0.25) is 11.8 Å². The van der Waals surface area contributed by atoms with Crippen LogP contribution in [0.1, 0.15) is 6.92 Å². The van der Waals surface area contributed by atoms with Gasteiger partial charge in [0.15, 0.2) is 0 Å². The normalized spacial score (nSPS) is 31.1. The molecule has 0 heterocycles. The monoisotopic (exact) mass is 186 g/mol.